The summed E-state index contributed by atoms with van der Waals surface area (Å²) in [5, 5.41) is 0. The number of hydrogen-bond donors (Lipinski definition) is 0. The summed E-state index contributed by atoms with van der Waals surface area (Å²) in [6.07, 6.45) is 0.327. The first-order valence-electron chi connectivity index (χ1n) is 10.8. The molecular weight excluding hydrogens is 411 g/mol. The standard InChI is InChI=1S/C25H31FN2O4/c1-17-14-28(18(2)13-27(17)15-20-5-8-22(26)9-6-20)25(30)16-32-23-10-7-21(11-19(3)29)12-24(23)31-4/h5-10,12,17-18H,11,13-16H2,1-4H3. The molecule has 1 aliphatic heterocycles. The Balaban J connectivity index is 1.58. The minimum atomic E-state index is -0.240. The summed E-state index contributed by atoms with van der Waals surface area (Å²) in [4.78, 5) is 28.4. The number of hydrogen-bond acceptors (Lipinski definition) is 5. The molecule has 7 heteroatoms. The van der Waals surface area contributed by atoms with Crippen molar-refractivity contribution in [2.75, 3.05) is 26.8 Å². The predicted octanol–water partition coefficient (Wildman–Crippen LogP) is 3.47. The third kappa shape index (κ3) is 6.07. The van der Waals surface area contributed by atoms with E-state index in [9.17, 15) is 14.0 Å². The predicted molar refractivity (Wildman–Crippen MR) is 120 cm³/mol. The van der Waals surface area contributed by atoms with Gasteiger partial charge in [-0.15, -0.1) is 0 Å². The minimum absolute atomic E-state index is 0.0302. The molecule has 0 N–H and O–H groups in total. The van der Waals surface area contributed by atoms with Gasteiger partial charge in [0.2, 0.25) is 0 Å². The lowest BCUT2D eigenvalue weighted by atomic mass is 10.1. The molecular formula is C25H31FN2O4. The molecule has 172 valence electrons. The Kier molecular flexibility index (Phi) is 7.85. The molecule has 1 aliphatic rings. The number of nitrogens with zero attached hydrogens (tertiary/aromatic N) is 2. The second kappa shape index (κ2) is 10.6. The average Bonchev–Trinajstić information content (AvgIpc) is 2.75. The van der Waals surface area contributed by atoms with Crippen LogP contribution in [0.4, 0.5) is 4.39 Å². The number of Topliss-reactive ketones (excluding diaryl/α,β-unsaturated/α-hetero) is 1. The third-order valence-corrected chi connectivity index (χ3v) is 5.77. The van der Waals surface area contributed by atoms with Crippen molar-refractivity contribution in [2.24, 2.45) is 0 Å². The fourth-order valence-corrected chi connectivity index (χ4v) is 4.04. The number of amides is 1. The molecule has 2 unspecified atom stereocenters. The van der Waals surface area contributed by atoms with Crippen LogP contribution < -0.4 is 9.47 Å². The third-order valence-electron chi connectivity index (χ3n) is 5.77. The number of ether oxygens (including phenoxy) is 2. The summed E-state index contributed by atoms with van der Waals surface area (Å²) in [7, 11) is 1.53. The molecule has 32 heavy (non-hydrogen) atoms. The topological polar surface area (TPSA) is 59.1 Å². The van der Waals surface area contributed by atoms with Gasteiger partial charge < -0.3 is 14.4 Å². The summed E-state index contributed by atoms with van der Waals surface area (Å²) >= 11 is 0. The molecule has 2 atom stereocenters. The number of carbonyl (C=O) groups is 2. The van der Waals surface area contributed by atoms with Crippen LogP contribution in [0.1, 0.15) is 31.9 Å². The summed E-state index contributed by atoms with van der Waals surface area (Å²) in [5.41, 5.74) is 1.89. The molecule has 2 aromatic rings. The molecule has 3 rings (SSSR count). The van der Waals surface area contributed by atoms with Gasteiger partial charge >= 0.3 is 0 Å². The van der Waals surface area contributed by atoms with E-state index < -0.39 is 0 Å². The minimum Gasteiger partial charge on any atom is -0.493 e. The van der Waals surface area contributed by atoms with Gasteiger partial charge in [0.1, 0.15) is 11.6 Å². The zero-order valence-corrected chi connectivity index (χ0v) is 19.1. The number of carbonyl (C=O) groups excluding carboxylic acids is 2. The Hall–Kier alpha value is -2.93. The summed E-state index contributed by atoms with van der Waals surface area (Å²) in [6, 6.07) is 12.0. The highest BCUT2D eigenvalue weighted by Gasteiger charge is 2.32. The lowest BCUT2D eigenvalue weighted by Crippen LogP contribution is -2.58. The maximum Gasteiger partial charge on any atom is 0.260 e. The van der Waals surface area contributed by atoms with Gasteiger partial charge in [0, 0.05) is 38.1 Å². The first-order chi connectivity index (χ1) is 15.3. The van der Waals surface area contributed by atoms with Crippen LogP contribution in [0.2, 0.25) is 0 Å². The van der Waals surface area contributed by atoms with E-state index in [0.717, 1.165) is 17.7 Å². The number of benzene rings is 2. The summed E-state index contributed by atoms with van der Waals surface area (Å²) in [5.74, 6) is 0.722. The first kappa shape index (κ1) is 23.7. The SMILES string of the molecule is COc1cc(CC(C)=O)ccc1OCC(=O)N1CC(C)N(Cc2ccc(F)cc2)CC1C. The lowest BCUT2D eigenvalue weighted by molar-refractivity contribution is -0.139. The van der Waals surface area contributed by atoms with Crippen LogP contribution in [0.3, 0.4) is 0 Å². The van der Waals surface area contributed by atoms with Gasteiger partial charge in [-0.25, -0.2) is 4.39 Å². The Bertz CT molecular complexity index is 947. The largest absolute Gasteiger partial charge is 0.493 e. The fraction of sp³-hybridized carbons (Fsp3) is 0.440. The van der Waals surface area contributed by atoms with Crippen LogP contribution in [-0.2, 0) is 22.6 Å². The van der Waals surface area contributed by atoms with Gasteiger partial charge in [-0.2, -0.15) is 0 Å². The number of methoxy groups -OCH3 is 1. The van der Waals surface area contributed by atoms with E-state index in [1.54, 1.807) is 24.3 Å². The molecule has 6 nitrogen and oxygen atoms in total. The zero-order valence-electron chi connectivity index (χ0n) is 19.1. The van der Waals surface area contributed by atoms with E-state index >= 15 is 0 Å². The molecule has 0 aromatic heterocycles. The Morgan fingerprint density at radius 2 is 1.69 bits per heavy atom. The van der Waals surface area contributed by atoms with Crippen molar-refractivity contribution in [3.8, 4) is 11.5 Å². The van der Waals surface area contributed by atoms with Crippen LogP contribution in [0.25, 0.3) is 0 Å². The van der Waals surface area contributed by atoms with Gasteiger partial charge in [0.05, 0.1) is 7.11 Å². The van der Waals surface area contributed by atoms with Crippen molar-refractivity contribution in [1.29, 1.82) is 0 Å². The molecule has 1 saturated heterocycles. The molecule has 1 heterocycles. The quantitative estimate of drug-likeness (QED) is 0.627. The van der Waals surface area contributed by atoms with Gasteiger partial charge in [-0.1, -0.05) is 18.2 Å². The molecule has 0 radical (unpaired) electrons. The van der Waals surface area contributed by atoms with E-state index in [1.165, 1.54) is 26.2 Å². The monoisotopic (exact) mass is 442 g/mol. The normalized spacial score (nSPS) is 19.0. The highest BCUT2D eigenvalue weighted by atomic mass is 19.1. The van der Waals surface area contributed by atoms with E-state index in [2.05, 4.69) is 11.8 Å². The smallest absolute Gasteiger partial charge is 0.260 e. The number of rotatable bonds is 8. The lowest BCUT2D eigenvalue weighted by Gasteiger charge is -2.44. The molecule has 0 saturated carbocycles. The van der Waals surface area contributed by atoms with Gasteiger partial charge in [0.25, 0.3) is 5.91 Å². The second-order valence-electron chi connectivity index (χ2n) is 8.45. The Morgan fingerprint density at radius 3 is 2.34 bits per heavy atom. The Labute approximate surface area is 188 Å². The summed E-state index contributed by atoms with van der Waals surface area (Å²) < 4.78 is 24.3. The fourth-order valence-electron chi connectivity index (χ4n) is 4.04. The number of piperazine rings is 1. The van der Waals surface area contributed by atoms with Crippen LogP contribution >= 0.6 is 0 Å². The number of ketones is 1. The molecule has 0 aliphatic carbocycles. The Morgan fingerprint density at radius 1 is 1.00 bits per heavy atom. The molecule has 1 amide bonds. The van der Waals surface area contributed by atoms with E-state index in [1.807, 2.05) is 17.9 Å². The van der Waals surface area contributed by atoms with Crippen molar-refractivity contribution in [3.05, 3.63) is 59.4 Å². The van der Waals surface area contributed by atoms with E-state index in [4.69, 9.17) is 9.47 Å². The highest BCUT2D eigenvalue weighted by Crippen LogP contribution is 2.28. The van der Waals surface area contributed by atoms with Crippen LogP contribution in [0.15, 0.2) is 42.5 Å². The van der Waals surface area contributed by atoms with Gasteiger partial charge in [-0.3, -0.25) is 14.5 Å². The van der Waals surface area contributed by atoms with E-state index in [-0.39, 0.29) is 36.2 Å². The van der Waals surface area contributed by atoms with Gasteiger partial charge in [0.15, 0.2) is 18.1 Å². The van der Waals surface area contributed by atoms with Crippen LogP contribution in [0.5, 0.6) is 11.5 Å². The van der Waals surface area contributed by atoms with Crippen LogP contribution in [0, 0.1) is 5.82 Å². The van der Waals surface area contributed by atoms with E-state index in [0.29, 0.717) is 31.0 Å². The van der Waals surface area contributed by atoms with Crippen molar-refractivity contribution in [2.45, 2.75) is 45.8 Å². The first-order valence-corrected chi connectivity index (χ1v) is 10.8. The average molecular weight is 443 g/mol. The number of halogens is 1. The summed E-state index contributed by atoms with van der Waals surface area (Å²) in [6.45, 7) is 7.61. The highest BCUT2D eigenvalue weighted by molar-refractivity contribution is 5.79. The second-order valence-corrected chi connectivity index (χ2v) is 8.45. The molecule has 1 fully saturated rings. The maximum absolute atomic E-state index is 13.2. The molecule has 0 spiro atoms. The van der Waals surface area contributed by atoms with Crippen molar-refractivity contribution in [1.82, 2.24) is 9.80 Å². The van der Waals surface area contributed by atoms with Crippen molar-refractivity contribution in [3.63, 3.8) is 0 Å². The van der Waals surface area contributed by atoms with Crippen LogP contribution in [-0.4, -0.2) is 60.4 Å². The van der Waals surface area contributed by atoms with Crippen molar-refractivity contribution < 1.29 is 23.5 Å². The van der Waals surface area contributed by atoms with Gasteiger partial charge in [-0.05, 0) is 56.2 Å². The maximum atomic E-state index is 13.2. The molecule has 0 bridgehead atoms. The zero-order chi connectivity index (χ0) is 23.3. The molecule has 2 aromatic carbocycles. The van der Waals surface area contributed by atoms with Crippen molar-refractivity contribution >= 4 is 11.7 Å².